The summed E-state index contributed by atoms with van der Waals surface area (Å²) < 4.78 is 28.3. The van der Waals surface area contributed by atoms with Crippen LogP contribution in [0.15, 0.2) is 29.3 Å². The number of carbonyl (C=O) groups is 1. The lowest BCUT2D eigenvalue weighted by atomic mass is 9.87. The maximum absolute atomic E-state index is 12.8. The number of fused-ring (bicyclic) bond motifs is 1. The number of carboxylic acids is 1. The second-order valence-corrected chi connectivity index (χ2v) is 8.83. The number of nitrogens with zero attached hydrogens (tertiary/aromatic N) is 1. The average Bonchev–Trinajstić information content (AvgIpc) is 2.63. The lowest BCUT2D eigenvalue weighted by Crippen LogP contribution is -2.38. The number of sulfonamides is 1. The highest BCUT2D eigenvalue weighted by atomic mass is 35.5. The van der Waals surface area contributed by atoms with Gasteiger partial charge < -0.3 is 16.2 Å². The molecule has 0 amide bonds. The molecule has 1 heterocycles. The van der Waals surface area contributed by atoms with Crippen LogP contribution in [0.3, 0.4) is 0 Å². The molecule has 11 heteroatoms. The standard InChI is InChI=1S/C17H20ClN5O4S/c18-14-8-21-15(22-17(19)20)13-7-11(5-6-12(13)14)28(26,27)23-10-3-1-9(2-4-10)16(24)25/h5-10,23H,1-4H2,(H,24,25)(H4,19,20,21,22)/t9-,10-. The molecule has 1 aliphatic rings. The number of carboxylic acid groups (broad SMARTS) is 1. The predicted molar refractivity (Wildman–Crippen MR) is 106 cm³/mol. The van der Waals surface area contributed by atoms with Crippen molar-refractivity contribution in [1.29, 1.82) is 5.41 Å². The van der Waals surface area contributed by atoms with Crippen LogP contribution in [0.2, 0.25) is 5.02 Å². The van der Waals surface area contributed by atoms with Crippen molar-refractivity contribution in [3.8, 4) is 0 Å². The van der Waals surface area contributed by atoms with Gasteiger partial charge in [0.15, 0.2) is 5.96 Å². The van der Waals surface area contributed by atoms with Gasteiger partial charge in [-0.15, -0.1) is 0 Å². The van der Waals surface area contributed by atoms with Gasteiger partial charge in [0.05, 0.1) is 15.8 Å². The van der Waals surface area contributed by atoms with Crippen LogP contribution >= 0.6 is 11.6 Å². The number of hydrogen-bond donors (Lipinski definition) is 5. The van der Waals surface area contributed by atoms with Gasteiger partial charge in [-0.2, -0.15) is 0 Å². The number of pyridine rings is 1. The smallest absolute Gasteiger partial charge is 0.306 e. The van der Waals surface area contributed by atoms with Crippen molar-refractivity contribution < 1.29 is 18.3 Å². The van der Waals surface area contributed by atoms with Crippen molar-refractivity contribution in [1.82, 2.24) is 9.71 Å². The third-order valence-corrected chi connectivity index (χ3v) is 6.59. The van der Waals surface area contributed by atoms with E-state index in [4.69, 9.17) is 27.9 Å². The molecule has 6 N–H and O–H groups in total. The number of rotatable bonds is 5. The molecular weight excluding hydrogens is 406 g/mol. The number of anilines is 1. The first-order valence-corrected chi connectivity index (χ1v) is 10.5. The first kappa shape index (κ1) is 20.3. The van der Waals surface area contributed by atoms with Gasteiger partial charge in [0, 0.05) is 23.0 Å². The van der Waals surface area contributed by atoms with Crippen LogP contribution in [0.5, 0.6) is 0 Å². The van der Waals surface area contributed by atoms with Gasteiger partial charge in [0.25, 0.3) is 0 Å². The maximum atomic E-state index is 12.8. The molecule has 9 nitrogen and oxygen atoms in total. The number of nitrogens with two attached hydrogens (primary N) is 1. The summed E-state index contributed by atoms with van der Waals surface area (Å²) in [6, 6.07) is 4.12. The van der Waals surface area contributed by atoms with E-state index in [0.717, 1.165) is 0 Å². The fraction of sp³-hybridized carbons (Fsp3) is 0.353. The summed E-state index contributed by atoms with van der Waals surface area (Å²) in [4.78, 5) is 15.1. The lowest BCUT2D eigenvalue weighted by molar-refractivity contribution is -0.142. The van der Waals surface area contributed by atoms with Gasteiger partial charge in [-0.1, -0.05) is 17.7 Å². The van der Waals surface area contributed by atoms with E-state index in [1.54, 1.807) is 6.07 Å². The highest BCUT2D eigenvalue weighted by Crippen LogP contribution is 2.31. The topological polar surface area (TPSA) is 158 Å². The number of guanidine groups is 1. The van der Waals surface area contributed by atoms with Crippen LogP contribution < -0.4 is 15.8 Å². The first-order valence-electron chi connectivity index (χ1n) is 8.62. The second kappa shape index (κ2) is 7.90. The number of halogens is 1. The molecule has 0 spiro atoms. The molecule has 0 radical (unpaired) electrons. The van der Waals surface area contributed by atoms with Gasteiger partial charge in [-0.3, -0.25) is 10.2 Å². The highest BCUT2D eigenvalue weighted by Gasteiger charge is 2.29. The zero-order chi connectivity index (χ0) is 20.5. The van der Waals surface area contributed by atoms with E-state index in [-0.39, 0.29) is 22.7 Å². The number of aliphatic carboxylic acids is 1. The van der Waals surface area contributed by atoms with E-state index >= 15 is 0 Å². The van der Waals surface area contributed by atoms with Gasteiger partial charge in [0.1, 0.15) is 5.82 Å². The normalized spacial score (nSPS) is 20.0. The molecule has 2 aromatic rings. The Morgan fingerprint density at radius 1 is 1.25 bits per heavy atom. The van der Waals surface area contributed by atoms with E-state index in [1.165, 1.54) is 18.3 Å². The Bertz CT molecular complexity index is 1040. The van der Waals surface area contributed by atoms with Crippen molar-refractivity contribution >= 4 is 50.1 Å². The fourth-order valence-electron chi connectivity index (χ4n) is 3.33. The Kier molecular flexibility index (Phi) is 5.73. The van der Waals surface area contributed by atoms with E-state index < -0.39 is 21.9 Å². The summed E-state index contributed by atoms with van der Waals surface area (Å²) in [5.74, 6) is -1.37. The molecule has 1 aliphatic carbocycles. The molecule has 0 saturated heterocycles. The van der Waals surface area contributed by atoms with Crippen molar-refractivity contribution in [3.63, 3.8) is 0 Å². The zero-order valence-corrected chi connectivity index (χ0v) is 16.3. The van der Waals surface area contributed by atoms with Crippen molar-refractivity contribution in [2.45, 2.75) is 36.6 Å². The predicted octanol–water partition coefficient (Wildman–Crippen LogP) is 2.12. The van der Waals surface area contributed by atoms with Crippen LogP contribution in [-0.4, -0.2) is 36.5 Å². The van der Waals surface area contributed by atoms with Crippen LogP contribution in [0, 0.1) is 11.3 Å². The molecular formula is C17H20ClN5O4S. The molecule has 1 saturated carbocycles. The van der Waals surface area contributed by atoms with E-state index in [2.05, 4.69) is 15.0 Å². The molecule has 0 aliphatic heterocycles. The molecule has 150 valence electrons. The van der Waals surface area contributed by atoms with Gasteiger partial charge in [0.2, 0.25) is 10.0 Å². The SMILES string of the molecule is N=C(N)Nc1ncc(Cl)c2ccc(S(=O)(=O)N[C@H]3CC[C@H](C(=O)O)CC3)cc12. The van der Waals surface area contributed by atoms with E-state index in [0.29, 0.717) is 41.5 Å². The third kappa shape index (κ3) is 4.34. The molecule has 1 aromatic carbocycles. The van der Waals surface area contributed by atoms with Crippen LogP contribution in [0.4, 0.5) is 5.82 Å². The number of benzene rings is 1. The minimum absolute atomic E-state index is 0.0241. The Labute approximate surface area is 166 Å². The Balaban J connectivity index is 1.87. The molecule has 0 atom stereocenters. The zero-order valence-electron chi connectivity index (χ0n) is 14.8. The van der Waals surface area contributed by atoms with Gasteiger partial charge >= 0.3 is 5.97 Å². The first-order chi connectivity index (χ1) is 13.2. The number of aromatic nitrogens is 1. The van der Waals surface area contributed by atoms with Crippen molar-refractivity contribution in [2.75, 3.05) is 5.32 Å². The second-order valence-electron chi connectivity index (χ2n) is 6.71. The molecule has 0 unspecified atom stereocenters. The highest BCUT2D eigenvalue weighted by molar-refractivity contribution is 7.89. The largest absolute Gasteiger partial charge is 0.481 e. The minimum Gasteiger partial charge on any atom is -0.481 e. The maximum Gasteiger partial charge on any atom is 0.306 e. The van der Waals surface area contributed by atoms with Gasteiger partial charge in [-0.05, 0) is 37.8 Å². The summed E-state index contributed by atoms with van der Waals surface area (Å²) in [5.41, 5.74) is 5.36. The average molecular weight is 426 g/mol. The Morgan fingerprint density at radius 3 is 2.54 bits per heavy atom. The summed E-state index contributed by atoms with van der Waals surface area (Å²) in [6.45, 7) is 0. The van der Waals surface area contributed by atoms with E-state index in [9.17, 15) is 13.2 Å². The summed E-state index contributed by atoms with van der Waals surface area (Å²) in [5, 5.41) is 20.3. The monoisotopic (exact) mass is 425 g/mol. The number of hydrogen-bond acceptors (Lipinski definition) is 5. The Morgan fingerprint density at radius 2 is 1.93 bits per heavy atom. The quantitative estimate of drug-likeness (QED) is 0.362. The summed E-state index contributed by atoms with van der Waals surface area (Å²) >= 11 is 6.14. The fourth-order valence-corrected chi connectivity index (χ4v) is 4.87. The molecule has 28 heavy (non-hydrogen) atoms. The third-order valence-electron chi connectivity index (χ3n) is 4.77. The summed E-state index contributed by atoms with van der Waals surface area (Å²) in [6.07, 6.45) is 3.20. The molecule has 3 rings (SSSR count). The molecule has 0 bridgehead atoms. The summed E-state index contributed by atoms with van der Waals surface area (Å²) in [7, 11) is -3.83. The molecule has 1 aromatic heterocycles. The van der Waals surface area contributed by atoms with Crippen molar-refractivity contribution in [3.05, 3.63) is 29.4 Å². The van der Waals surface area contributed by atoms with Crippen LogP contribution in [0.25, 0.3) is 10.8 Å². The Hall–Kier alpha value is -2.43. The molecule has 1 fully saturated rings. The van der Waals surface area contributed by atoms with Crippen LogP contribution in [-0.2, 0) is 14.8 Å². The number of nitrogens with one attached hydrogen (secondary N) is 3. The van der Waals surface area contributed by atoms with E-state index in [1.807, 2.05) is 0 Å². The van der Waals surface area contributed by atoms with Crippen molar-refractivity contribution in [2.24, 2.45) is 11.7 Å². The van der Waals surface area contributed by atoms with Crippen LogP contribution in [0.1, 0.15) is 25.7 Å². The van der Waals surface area contributed by atoms with Gasteiger partial charge in [-0.25, -0.2) is 18.1 Å². The minimum atomic E-state index is -3.83. The lowest BCUT2D eigenvalue weighted by Gasteiger charge is -2.26.